The number of rotatable bonds is 4. The number of imide groups is 1. The van der Waals surface area contributed by atoms with E-state index >= 15 is 0 Å². The van der Waals surface area contributed by atoms with Gasteiger partial charge < -0.3 is 15.8 Å². The summed E-state index contributed by atoms with van der Waals surface area (Å²) in [4.78, 5) is 37.8. The Kier molecular flexibility index (Phi) is 4.99. The summed E-state index contributed by atoms with van der Waals surface area (Å²) in [7, 11) is 1.57. The number of primary amides is 1. The molecule has 0 saturated heterocycles. The molecule has 0 saturated carbocycles. The summed E-state index contributed by atoms with van der Waals surface area (Å²) in [5.41, 5.74) is 7.58. The number of hydrogen-bond donors (Lipinski definition) is 2. The predicted octanol–water partition coefficient (Wildman–Crippen LogP) is 1.000. The Morgan fingerprint density at radius 3 is 2.54 bits per heavy atom. The molecule has 7 nitrogen and oxygen atoms in total. The van der Waals surface area contributed by atoms with Crippen molar-refractivity contribution in [2.24, 2.45) is 5.73 Å². The van der Waals surface area contributed by atoms with E-state index in [2.05, 4.69) is 5.32 Å². The smallest absolute Gasteiger partial charge is 0.248 e. The molecular weight excluding hydrogens is 334 g/mol. The van der Waals surface area contributed by atoms with E-state index in [0.717, 1.165) is 5.56 Å². The number of anilines is 1. The van der Waals surface area contributed by atoms with Crippen molar-refractivity contribution in [3.05, 3.63) is 59.2 Å². The molecular formula is C19H19N3O4. The summed E-state index contributed by atoms with van der Waals surface area (Å²) < 4.78 is 5.11. The zero-order valence-corrected chi connectivity index (χ0v) is 14.3. The lowest BCUT2D eigenvalue weighted by atomic mass is 10.1. The molecule has 26 heavy (non-hydrogen) atoms. The van der Waals surface area contributed by atoms with Crippen LogP contribution in [0.1, 0.15) is 21.5 Å². The van der Waals surface area contributed by atoms with Crippen LogP contribution >= 0.6 is 0 Å². The van der Waals surface area contributed by atoms with Gasteiger partial charge in [0.15, 0.2) is 0 Å². The number of carbonyl (C=O) groups is 3. The summed E-state index contributed by atoms with van der Waals surface area (Å²) in [5.74, 6) is -0.536. The van der Waals surface area contributed by atoms with Crippen molar-refractivity contribution < 1.29 is 19.1 Å². The first-order valence-corrected chi connectivity index (χ1v) is 8.11. The molecule has 2 aromatic rings. The Morgan fingerprint density at radius 1 is 1.15 bits per heavy atom. The minimum absolute atomic E-state index is 0.0366. The molecule has 3 rings (SSSR count). The van der Waals surface area contributed by atoms with Crippen molar-refractivity contribution in [2.45, 2.75) is 13.0 Å². The number of benzene rings is 2. The van der Waals surface area contributed by atoms with E-state index in [1.54, 1.807) is 43.5 Å². The van der Waals surface area contributed by atoms with Crippen molar-refractivity contribution in [2.75, 3.05) is 18.6 Å². The Balaban J connectivity index is 1.90. The van der Waals surface area contributed by atoms with Gasteiger partial charge in [0, 0.05) is 12.1 Å². The van der Waals surface area contributed by atoms with Crippen LogP contribution in [0.25, 0.3) is 0 Å². The number of nitrogens with two attached hydrogens (primary N) is 1. The van der Waals surface area contributed by atoms with Crippen LogP contribution in [0.4, 0.5) is 5.69 Å². The van der Waals surface area contributed by atoms with Crippen LogP contribution in [-0.2, 0) is 22.6 Å². The number of carbonyl (C=O) groups excluding carboxylic acids is 3. The third-order valence-corrected chi connectivity index (χ3v) is 4.21. The average molecular weight is 353 g/mol. The fraction of sp³-hybridized carbons (Fsp3) is 0.211. The van der Waals surface area contributed by atoms with Crippen molar-refractivity contribution >= 4 is 23.4 Å². The number of nitrogens with zero attached hydrogens (tertiary/aromatic N) is 1. The Bertz CT molecular complexity index is 862. The molecule has 0 bridgehead atoms. The standard InChI is InChI=1S/C19H19N3O4/c1-26-15-5-2-12(3-6-15)8-17(23)22-16-7-4-13(19(20)25)9-14(16)10-21-11-18(22)24/h2-7,9,21H,8,10-11H2,1H3,(H2,20,25). The zero-order valence-electron chi connectivity index (χ0n) is 14.3. The van der Waals surface area contributed by atoms with Gasteiger partial charge in [0.2, 0.25) is 17.7 Å². The molecule has 0 radical (unpaired) electrons. The highest BCUT2D eigenvalue weighted by atomic mass is 16.5. The van der Waals surface area contributed by atoms with Gasteiger partial charge in [-0.05, 0) is 41.5 Å². The van der Waals surface area contributed by atoms with Crippen molar-refractivity contribution in [3.8, 4) is 5.75 Å². The largest absolute Gasteiger partial charge is 0.497 e. The quantitative estimate of drug-likeness (QED) is 0.854. The Morgan fingerprint density at radius 2 is 1.88 bits per heavy atom. The van der Waals surface area contributed by atoms with Gasteiger partial charge >= 0.3 is 0 Å². The fourth-order valence-corrected chi connectivity index (χ4v) is 2.89. The maximum atomic E-state index is 12.8. The highest BCUT2D eigenvalue weighted by Gasteiger charge is 2.28. The van der Waals surface area contributed by atoms with Gasteiger partial charge in [-0.25, -0.2) is 4.90 Å². The minimum Gasteiger partial charge on any atom is -0.497 e. The van der Waals surface area contributed by atoms with Crippen LogP contribution in [0, 0.1) is 0 Å². The normalized spacial score (nSPS) is 13.7. The molecule has 1 aliphatic heterocycles. The van der Waals surface area contributed by atoms with Gasteiger partial charge in [0.25, 0.3) is 0 Å². The van der Waals surface area contributed by atoms with E-state index in [1.807, 2.05) is 0 Å². The monoisotopic (exact) mass is 353 g/mol. The highest BCUT2D eigenvalue weighted by molar-refractivity contribution is 6.17. The molecule has 1 aliphatic rings. The Labute approximate surface area is 150 Å². The predicted molar refractivity (Wildman–Crippen MR) is 95.9 cm³/mol. The number of hydrogen-bond acceptors (Lipinski definition) is 5. The minimum atomic E-state index is -0.556. The lowest BCUT2D eigenvalue weighted by Crippen LogP contribution is -2.41. The molecule has 1 heterocycles. The van der Waals surface area contributed by atoms with E-state index < -0.39 is 5.91 Å². The fourth-order valence-electron chi connectivity index (χ4n) is 2.89. The van der Waals surface area contributed by atoms with Gasteiger partial charge in [-0.3, -0.25) is 14.4 Å². The van der Waals surface area contributed by atoms with Crippen molar-refractivity contribution in [3.63, 3.8) is 0 Å². The number of fused-ring (bicyclic) bond motifs is 1. The van der Waals surface area contributed by atoms with Crippen LogP contribution in [0.3, 0.4) is 0 Å². The third-order valence-electron chi connectivity index (χ3n) is 4.21. The molecule has 0 spiro atoms. The molecule has 0 aliphatic carbocycles. The summed E-state index contributed by atoms with van der Waals surface area (Å²) in [6, 6.07) is 11.8. The average Bonchev–Trinajstić information content (AvgIpc) is 2.79. The van der Waals surface area contributed by atoms with E-state index in [1.165, 1.54) is 11.0 Å². The summed E-state index contributed by atoms with van der Waals surface area (Å²) >= 11 is 0. The van der Waals surface area contributed by atoms with E-state index in [-0.39, 0.29) is 24.8 Å². The van der Waals surface area contributed by atoms with Gasteiger partial charge in [-0.1, -0.05) is 12.1 Å². The SMILES string of the molecule is COc1ccc(CC(=O)N2C(=O)CNCc3cc(C(N)=O)ccc32)cc1. The summed E-state index contributed by atoms with van der Waals surface area (Å²) in [5, 5.41) is 2.97. The molecule has 0 atom stereocenters. The van der Waals surface area contributed by atoms with Crippen LogP contribution < -0.4 is 20.7 Å². The first-order valence-electron chi connectivity index (χ1n) is 8.11. The third kappa shape index (κ3) is 3.57. The topological polar surface area (TPSA) is 102 Å². The Hall–Kier alpha value is -3.19. The zero-order chi connectivity index (χ0) is 18.7. The number of methoxy groups -OCH3 is 1. The molecule has 0 aromatic heterocycles. The molecule has 3 N–H and O–H groups in total. The number of amides is 3. The molecule has 134 valence electrons. The second-order valence-corrected chi connectivity index (χ2v) is 5.96. The number of ether oxygens (including phenoxy) is 1. The van der Waals surface area contributed by atoms with Gasteiger partial charge in [-0.15, -0.1) is 0 Å². The first kappa shape index (κ1) is 17.6. The van der Waals surface area contributed by atoms with Crippen molar-refractivity contribution in [1.29, 1.82) is 0 Å². The summed E-state index contributed by atoms with van der Waals surface area (Å²) in [6.45, 7) is 0.406. The van der Waals surface area contributed by atoms with E-state index in [9.17, 15) is 14.4 Å². The van der Waals surface area contributed by atoms with E-state index in [0.29, 0.717) is 29.1 Å². The maximum absolute atomic E-state index is 12.8. The number of nitrogens with one attached hydrogen (secondary N) is 1. The second-order valence-electron chi connectivity index (χ2n) is 5.96. The molecule has 0 fully saturated rings. The maximum Gasteiger partial charge on any atom is 0.248 e. The second kappa shape index (κ2) is 7.37. The van der Waals surface area contributed by atoms with Crippen molar-refractivity contribution in [1.82, 2.24) is 5.32 Å². The van der Waals surface area contributed by atoms with Gasteiger partial charge in [0.05, 0.1) is 25.8 Å². The van der Waals surface area contributed by atoms with E-state index in [4.69, 9.17) is 10.5 Å². The first-order chi connectivity index (χ1) is 12.5. The lowest BCUT2D eigenvalue weighted by Gasteiger charge is -2.21. The van der Waals surface area contributed by atoms with Crippen LogP contribution in [0.2, 0.25) is 0 Å². The van der Waals surface area contributed by atoms with Crippen LogP contribution in [0.5, 0.6) is 5.75 Å². The van der Waals surface area contributed by atoms with Gasteiger partial charge in [0.1, 0.15) is 5.75 Å². The molecule has 3 amide bonds. The molecule has 7 heteroatoms. The van der Waals surface area contributed by atoms with Gasteiger partial charge in [-0.2, -0.15) is 0 Å². The summed E-state index contributed by atoms with van der Waals surface area (Å²) in [6.07, 6.45) is 0.0761. The molecule has 0 unspecified atom stereocenters. The van der Waals surface area contributed by atoms with Crippen LogP contribution in [0.15, 0.2) is 42.5 Å². The highest BCUT2D eigenvalue weighted by Crippen LogP contribution is 2.25. The van der Waals surface area contributed by atoms with Crippen LogP contribution in [-0.4, -0.2) is 31.4 Å². The lowest BCUT2D eigenvalue weighted by molar-refractivity contribution is -0.125. The molecule has 2 aromatic carbocycles.